The Morgan fingerprint density at radius 3 is 2.61 bits per heavy atom. The van der Waals surface area contributed by atoms with E-state index in [2.05, 4.69) is 53.2 Å². The van der Waals surface area contributed by atoms with E-state index in [4.69, 9.17) is 0 Å². The Balaban J connectivity index is 2.24. The van der Waals surface area contributed by atoms with Crippen molar-refractivity contribution in [2.75, 3.05) is 5.75 Å². The molecule has 0 amide bonds. The predicted octanol–water partition coefficient (Wildman–Crippen LogP) is 2.91. The van der Waals surface area contributed by atoms with Gasteiger partial charge in [0.2, 0.25) is 0 Å². The van der Waals surface area contributed by atoms with Gasteiger partial charge in [0.05, 0.1) is 5.75 Å². The molecule has 2 aromatic rings. The first-order valence-corrected chi connectivity index (χ1v) is 6.69. The Labute approximate surface area is 112 Å². The summed E-state index contributed by atoms with van der Waals surface area (Å²) in [5.41, 5.74) is 2.33. The van der Waals surface area contributed by atoms with Crippen LogP contribution in [0.2, 0.25) is 0 Å². The molecular weight excluding hydrogens is 242 g/mol. The second kappa shape index (κ2) is 5.74. The molecule has 0 unspecified atom stereocenters. The summed E-state index contributed by atoms with van der Waals surface area (Å²) in [6.45, 7) is 3.92. The summed E-state index contributed by atoms with van der Waals surface area (Å²) in [7, 11) is 1.98. The first-order chi connectivity index (χ1) is 8.72. The molecule has 0 aliphatic carbocycles. The lowest BCUT2D eigenvalue weighted by molar-refractivity contribution is 0.795. The van der Waals surface area contributed by atoms with E-state index in [0.29, 0.717) is 0 Å². The molecule has 0 spiro atoms. The van der Waals surface area contributed by atoms with E-state index in [1.54, 1.807) is 11.8 Å². The number of benzene rings is 1. The summed E-state index contributed by atoms with van der Waals surface area (Å²) < 4.78 is 2.01. The zero-order valence-electron chi connectivity index (χ0n) is 10.8. The Kier molecular flexibility index (Phi) is 4.06. The zero-order chi connectivity index (χ0) is 13.0. The molecule has 4 heteroatoms. The summed E-state index contributed by atoms with van der Waals surface area (Å²) in [5, 5.41) is 9.33. The lowest BCUT2D eigenvalue weighted by Crippen LogP contribution is -1.95. The van der Waals surface area contributed by atoms with Gasteiger partial charge in [-0.15, -0.1) is 16.1 Å². The minimum Gasteiger partial charge on any atom is -0.305 e. The highest BCUT2D eigenvalue weighted by Crippen LogP contribution is 2.22. The standard InChI is InChI=1S/C14H15N3S/c1-4-5-10-18-14-16-15-13(17(14)3)12-8-6-11(2)7-9-12/h6-9H,10H2,1-3H3. The van der Waals surface area contributed by atoms with E-state index in [1.807, 2.05) is 18.5 Å². The van der Waals surface area contributed by atoms with E-state index in [9.17, 15) is 0 Å². The average molecular weight is 257 g/mol. The van der Waals surface area contributed by atoms with Crippen molar-refractivity contribution in [1.29, 1.82) is 0 Å². The van der Waals surface area contributed by atoms with Crippen molar-refractivity contribution in [1.82, 2.24) is 14.8 Å². The Bertz CT molecular complexity index is 588. The van der Waals surface area contributed by atoms with Gasteiger partial charge in [-0.25, -0.2) is 0 Å². The third-order valence-electron chi connectivity index (χ3n) is 2.59. The van der Waals surface area contributed by atoms with Gasteiger partial charge in [-0.3, -0.25) is 0 Å². The van der Waals surface area contributed by atoms with Gasteiger partial charge in [-0.2, -0.15) is 0 Å². The zero-order valence-corrected chi connectivity index (χ0v) is 11.6. The van der Waals surface area contributed by atoms with Gasteiger partial charge in [0.15, 0.2) is 11.0 Å². The summed E-state index contributed by atoms with van der Waals surface area (Å²) in [6, 6.07) is 8.30. The summed E-state index contributed by atoms with van der Waals surface area (Å²) in [6.07, 6.45) is 0. The topological polar surface area (TPSA) is 30.7 Å². The molecule has 2 rings (SSSR count). The number of rotatable bonds is 3. The molecular formula is C14H15N3S. The smallest absolute Gasteiger partial charge is 0.192 e. The number of hydrogen-bond donors (Lipinski definition) is 0. The molecule has 0 bridgehead atoms. The van der Waals surface area contributed by atoms with Crippen molar-refractivity contribution >= 4 is 11.8 Å². The fraction of sp³-hybridized carbons (Fsp3) is 0.286. The Morgan fingerprint density at radius 1 is 1.22 bits per heavy atom. The van der Waals surface area contributed by atoms with Gasteiger partial charge >= 0.3 is 0 Å². The van der Waals surface area contributed by atoms with Crippen LogP contribution in [0, 0.1) is 18.8 Å². The molecule has 0 N–H and O–H groups in total. The van der Waals surface area contributed by atoms with Gasteiger partial charge in [0, 0.05) is 12.6 Å². The van der Waals surface area contributed by atoms with E-state index in [-0.39, 0.29) is 0 Å². The van der Waals surface area contributed by atoms with Crippen LogP contribution in [0.25, 0.3) is 11.4 Å². The largest absolute Gasteiger partial charge is 0.305 e. The van der Waals surface area contributed by atoms with Gasteiger partial charge in [-0.05, 0) is 13.8 Å². The molecule has 92 valence electrons. The van der Waals surface area contributed by atoms with Crippen LogP contribution in [0.1, 0.15) is 12.5 Å². The maximum atomic E-state index is 4.24. The number of hydrogen-bond acceptors (Lipinski definition) is 3. The highest BCUT2D eigenvalue weighted by atomic mass is 32.2. The van der Waals surface area contributed by atoms with Crippen LogP contribution in [0.15, 0.2) is 29.4 Å². The molecule has 0 atom stereocenters. The summed E-state index contributed by atoms with van der Waals surface area (Å²) in [5.74, 6) is 7.52. The fourth-order valence-electron chi connectivity index (χ4n) is 1.57. The third-order valence-corrected chi connectivity index (χ3v) is 3.50. The molecule has 18 heavy (non-hydrogen) atoms. The molecule has 0 saturated heterocycles. The van der Waals surface area contributed by atoms with Crippen LogP contribution < -0.4 is 0 Å². The van der Waals surface area contributed by atoms with Crippen molar-refractivity contribution in [3.63, 3.8) is 0 Å². The molecule has 1 aromatic carbocycles. The second-order valence-corrected chi connectivity index (χ2v) is 4.89. The first kappa shape index (κ1) is 12.7. The van der Waals surface area contributed by atoms with Crippen molar-refractivity contribution < 1.29 is 0 Å². The molecule has 0 aliphatic heterocycles. The maximum Gasteiger partial charge on any atom is 0.192 e. The molecule has 1 aromatic heterocycles. The van der Waals surface area contributed by atoms with Gasteiger partial charge in [-0.1, -0.05) is 47.5 Å². The number of thioether (sulfide) groups is 1. The molecule has 3 nitrogen and oxygen atoms in total. The number of aromatic nitrogens is 3. The van der Waals surface area contributed by atoms with Crippen LogP contribution in [0.3, 0.4) is 0 Å². The fourth-order valence-corrected chi connectivity index (χ4v) is 2.29. The van der Waals surface area contributed by atoms with Crippen LogP contribution in [0.4, 0.5) is 0 Å². The van der Waals surface area contributed by atoms with E-state index in [1.165, 1.54) is 5.56 Å². The number of aryl methyl sites for hydroxylation is 1. The Hall–Kier alpha value is -1.73. The van der Waals surface area contributed by atoms with Crippen LogP contribution in [-0.2, 0) is 7.05 Å². The minimum absolute atomic E-state index is 0.746. The van der Waals surface area contributed by atoms with Gasteiger partial charge in [0.1, 0.15) is 0 Å². The minimum atomic E-state index is 0.746. The normalized spacial score (nSPS) is 9.94. The SMILES string of the molecule is CC#CCSc1nnc(-c2ccc(C)cc2)n1C. The van der Waals surface area contributed by atoms with Crippen molar-refractivity contribution in [2.24, 2.45) is 7.05 Å². The predicted molar refractivity (Wildman–Crippen MR) is 75.4 cm³/mol. The van der Waals surface area contributed by atoms with Crippen molar-refractivity contribution in [2.45, 2.75) is 19.0 Å². The monoisotopic (exact) mass is 257 g/mol. The van der Waals surface area contributed by atoms with Gasteiger partial charge < -0.3 is 4.57 Å². The van der Waals surface area contributed by atoms with Crippen LogP contribution in [0.5, 0.6) is 0 Å². The van der Waals surface area contributed by atoms with Crippen LogP contribution in [-0.4, -0.2) is 20.5 Å². The van der Waals surface area contributed by atoms with Crippen molar-refractivity contribution in [3.8, 4) is 23.2 Å². The maximum absolute atomic E-state index is 4.24. The molecule has 0 radical (unpaired) electrons. The summed E-state index contributed by atoms with van der Waals surface area (Å²) >= 11 is 1.61. The van der Waals surface area contributed by atoms with E-state index >= 15 is 0 Å². The summed E-state index contributed by atoms with van der Waals surface area (Å²) in [4.78, 5) is 0. The average Bonchev–Trinajstić information content (AvgIpc) is 2.73. The highest BCUT2D eigenvalue weighted by molar-refractivity contribution is 7.99. The molecule has 0 fully saturated rings. The lowest BCUT2D eigenvalue weighted by atomic mass is 10.1. The highest BCUT2D eigenvalue weighted by Gasteiger charge is 2.10. The van der Waals surface area contributed by atoms with Crippen molar-refractivity contribution in [3.05, 3.63) is 29.8 Å². The number of nitrogens with zero attached hydrogens (tertiary/aromatic N) is 3. The molecule has 1 heterocycles. The quantitative estimate of drug-likeness (QED) is 0.625. The second-order valence-electron chi connectivity index (χ2n) is 3.95. The Morgan fingerprint density at radius 2 is 1.94 bits per heavy atom. The lowest BCUT2D eigenvalue weighted by Gasteiger charge is -2.02. The third kappa shape index (κ3) is 2.74. The van der Waals surface area contributed by atoms with E-state index < -0.39 is 0 Å². The van der Waals surface area contributed by atoms with E-state index in [0.717, 1.165) is 22.3 Å². The van der Waals surface area contributed by atoms with Crippen LogP contribution >= 0.6 is 11.8 Å². The van der Waals surface area contributed by atoms with Gasteiger partial charge in [0.25, 0.3) is 0 Å². The molecule has 0 saturated carbocycles. The first-order valence-electron chi connectivity index (χ1n) is 5.71. The molecule has 0 aliphatic rings.